The van der Waals surface area contributed by atoms with Gasteiger partial charge in [-0.25, -0.2) is 18.1 Å². The number of sulfonamides is 1. The number of carbonyl (C=O) groups excluding carboxylic acids is 1. The van der Waals surface area contributed by atoms with E-state index in [2.05, 4.69) is 35.7 Å². The van der Waals surface area contributed by atoms with E-state index in [0.29, 0.717) is 19.4 Å². The molecule has 214 valence electrons. The number of nitrogens with one attached hydrogen (secondary N) is 1. The number of fused-ring (bicyclic) bond motifs is 1. The third-order valence-corrected chi connectivity index (χ3v) is 9.46. The molecule has 7 nitrogen and oxygen atoms in total. The summed E-state index contributed by atoms with van der Waals surface area (Å²) >= 11 is 0. The van der Waals surface area contributed by atoms with E-state index in [0.717, 1.165) is 53.2 Å². The zero-order valence-electron chi connectivity index (χ0n) is 24.0. The van der Waals surface area contributed by atoms with Gasteiger partial charge in [0.25, 0.3) is 0 Å². The molecule has 5 rings (SSSR count). The Bertz CT molecular complexity index is 1600. The number of amides is 1. The number of aryl methyl sites for hydroxylation is 3. The van der Waals surface area contributed by atoms with Crippen molar-refractivity contribution in [1.82, 2.24) is 14.3 Å². The molecule has 0 radical (unpaired) electrons. The highest BCUT2D eigenvalue weighted by Gasteiger charge is 2.28. The van der Waals surface area contributed by atoms with Crippen LogP contribution >= 0.6 is 0 Å². The van der Waals surface area contributed by atoms with E-state index in [9.17, 15) is 13.2 Å². The Morgan fingerprint density at radius 2 is 1.85 bits per heavy atom. The van der Waals surface area contributed by atoms with Gasteiger partial charge in [-0.3, -0.25) is 4.79 Å². The Morgan fingerprint density at radius 3 is 2.59 bits per heavy atom. The van der Waals surface area contributed by atoms with E-state index in [1.165, 1.54) is 0 Å². The molecule has 1 heterocycles. The summed E-state index contributed by atoms with van der Waals surface area (Å²) in [5.74, 6) is 0.853. The van der Waals surface area contributed by atoms with Crippen LogP contribution in [0.4, 0.5) is 5.69 Å². The van der Waals surface area contributed by atoms with Gasteiger partial charge in [0.05, 0.1) is 11.4 Å². The van der Waals surface area contributed by atoms with Crippen LogP contribution in [0.15, 0.2) is 90.1 Å². The Hall–Kier alpha value is -3.75. The highest BCUT2D eigenvalue weighted by molar-refractivity contribution is 7.89. The van der Waals surface area contributed by atoms with Crippen molar-refractivity contribution in [3.8, 4) is 0 Å². The number of anilines is 1. The number of hydrogen-bond donors (Lipinski definition) is 1. The molecule has 8 heteroatoms. The van der Waals surface area contributed by atoms with Crippen LogP contribution in [0.25, 0.3) is 0 Å². The van der Waals surface area contributed by atoms with Crippen LogP contribution in [0.2, 0.25) is 0 Å². The SMILES string of the molecule is CCn1ccnc1CN(C(=O)CC(C)c1ccccc1)c1ccc2c(c1)C(NS(=O)(=O)c1ccc(C)cc1)CCC2. The van der Waals surface area contributed by atoms with Gasteiger partial charge in [-0.15, -0.1) is 0 Å². The van der Waals surface area contributed by atoms with E-state index in [4.69, 9.17) is 0 Å². The van der Waals surface area contributed by atoms with Gasteiger partial charge in [-0.1, -0.05) is 61.0 Å². The third kappa shape index (κ3) is 6.60. The highest BCUT2D eigenvalue weighted by Crippen LogP contribution is 2.35. The Morgan fingerprint density at radius 1 is 1.10 bits per heavy atom. The monoisotopic (exact) mass is 570 g/mol. The van der Waals surface area contributed by atoms with Gasteiger partial charge >= 0.3 is 0 Å². The second kappa shape index (κ2) is 12.4. The van der Waals surface area contributed by atoms with Gasteiger partial charge in [0.15, 0.2) is 0 Å². The molecule has 1 amide bonds. The Balaban J connectivity index is 1.47. The van der Waals surface area contributed by atoms with Crippen molar-refractivity contribution in [3.63, 3.8) is 0 Å². The Kier molecular flexibility index (Phi) is 8.71. The van der Waals surface area contributed by atoms with Crippen LogP contribution in [0.5, 0.6) is 0 Å². The lowest BCUT2D eigenvalue weighted by atomic mass is 9.87. The summed E-state index contributed by atoms with van der Waals surface area (Å²) in [5, 5.41) is 0. The number of hydrogen-bond acceptors (Lipinski definition) is 4. The van der Waals surface area contributed by atoms with Crippen LogP contribution < -0.4 is 9.62 Å². The molecular formula is C33H38N4O3S. The van der Waals surface area contributed by atoms with Crippen molar-refractivity contribution in [2.75, 3.05) is 4.90 Å². The second-order valence-corrected chi connectivity index (χ2v) is 12.6. The topological polar surface area (TPSA) is 84.3 Å². The Labute approximate surface area is 243 Å². The molecule has 1 aromatic heterocycles. The number of imidazole rings is 1. The summed E-state index contributed by atoms with van der Waals surface area (Å²) < 4.78 is 31.6. The molecule has 0 bridgehead atoms. The molecule has 2 atom stereocenters. The largest absolute Gasteiger partial charge is 0.334 e. The van der Waals surface area contributed by atoms with E-state index in [-0.39, 0.29) is 22.8 Å². The number of nitrogens with zero attached hydrogens (tertiary/aromatic N) is 3. The predicted molar refractivity (Wildman–Crippen MR) is 162 cm³/mol. The maximum absolute atomic E-state index is 13.9. The first-order valence-electron chi connectivity index (χ1n) is 14.3. The van der Waals surface area contributed by atoms with Crippen LogP contribution in [0.1, 0.15) is 73.1 Å². The van der Waals surface area contributed by atoms with Crippen LogP contribution in [-0.4, -0.2) is 23.9 Å². The molecule has 0 aliphatic heterocycles. The first kappa shape index (κ1) is 28.8. The summed E-state index contributed by atoms with van der Waals surface area (Å²) in [6.07, 6.45) is 6.48. The van der Waals surface area contributed by atoms with Crippen molar-refractivity contribution in [1.29, 1.82) is 0 Å². The molecule has 1 N–H and O–H groups in total. The molecule has 3 aromatic carbocycles. The zero-order chi connectivity index (χ0) is 29.0. The highest BCUT2D eigenvalue weighted by atomic mass is 32.2. The summed E-state index contributed by atoms with van der Waals surface area (Å²) in [4.78, 5) is 20.5. The summed E-state index contributed by atoms with van der Waals surface area (Å²) in [6, 6.07) is 22.6. The minimum absolute atomic E-state index is 0.000415. The van der Waals surface area contributed by atoms with E-state index >= 15 is 0 Å². The summed E-state index contributed by atoms with van der Waals surface area (Å²) in [6.45, 7) is 7.15. The lowest BCUT2D eigenvalue weighted by Gasteiger charge is -2.30. The summed E-state index contributed by atoms with van der Waals surface area (Å²) in [7, 11) is -3.71. The first-order chi connectivity index (χ1) is 19.7. The summed E-state index contributed by atoms with van der Waals surface area (Å²) in [5.41, 5.74) is 4.91. The van der Waals surface area contributed by atoms with Crippen molar-refractivity contribution in [2.45, 2.75) is 76.4 Å². The zero-order valence-corrected chi connectivity index (χ0v) is 24.8. The fraction of sp³-hybridized carbons (Fsp3) is 0.333. The molecule has 0 fully saturated rings. The smallest absolute Gasteiger partial charge is 0.241 e. The molecule has 1 aliphatic rings. The van der Waals surface area contributed by atoms with Gasteiger partial charge in [0.1, 0.15) is 5.82 Å². The van der Waals surface area contributed by atoms with Crippen LogP contribution in [-0.2, 0) is 34.3 Å². The normalized spacial score (nSPS) is 15.7. The molecule has 2 unspecified atom stereocenters. The average molecular weight is 571 g/mol. The van der Waals surface area contributed by atoms with Crippen molar-refractivity contribution >= 4 is 21.6 Å². The second-order valence-electron chi connectivity index (χ2n) is 10.9. The van der Waals surface area contributed by atoms with Crippen LogP contribution in [0, 0.1) is 6.92 Å². The first-order valence-corrected chi connectivity index (χ1v) is 15.8. The molecule has 1 aliphatic carbocycles. The molecule has 0 saturated heterocycles. The molecule has 4 aromatic rings. The van der Waals surface area contributed by atoms with Crippen molar-refractivity contribution in [3.05, 3.63) is 113 Å². The minimum atomic E-state index is -3.71. The third-order valence-electron chi connectivity index (χ3n) is 7.98. The van der Waals surface area contributed by atoms with E-state index in [1.54, 1.807) is 23.2 Å². The number of carbonyl (C=O) groups is 1. The van der Waals surface area contributed by atoms with E-state index < -0.39 is 10.0 Å². The van der Waals surface area contributed by atoms with Crippen molar-refractivity contribution < 1.29 is 13.2 Å². The number of rotatable bonds is 10. The average Bonchev–Trinajstić information content (AvgIpc) is 3.43. The van der Waals surface area contributed by atoms with Crippen molar-refractivity contribution in [2.24, 2.45) is 0 Å². The number of benzene rings is 3. The van der Waals surface area contributed by atoms with Gasteiger partial charge in [0.2, 0.25) is 15.9 Å². The predicted octanol–water partition coefficient (Wildman–Crippen LogP) is 6.29. The molecule has 0 saturated carbocycles. The minimum Gasteiger partial charge on any atom is -0.334 e. The fourth-order valence-electron chi connectivity index (χ4n) is 5.57. The maximum Gasteiger partial charge on any atom is 0.241 e. The van der Waals surface area contributed by atoms with Gasteiger partial charge in [-0.05, 0) is 80.0 Å². The van der Waals surface area contributed by atoms with Gasteiger partial charge < -0.3 is 9.47 Å². The lowest BCUT2D eigenvalue weighted by Crippen LogP contribution is -2.34. The van der Waals surface area contributed by atoms with Gasteiger partial charge in [-0.2, -0.15) is 0 Å². The van der Waals surface area contributed by atoms with E-state index in [1.807, 2.05) is 66.2 Å². The lowest BCUT2D eigenvalue weighted by molar-refractivity contribution is -0.119. The number of aromatic nitrogens is 2. The standard InChI is InChI=1S/C33H38N4O3S/c1-4-36-20-19-34-32(36)23-37(33(38)21-25(3)26-9-6-5-7-10-26)28-16-15-27-11-8-12-31(30(27)22-28)35-41(39,40)29-17-13-24(2)14-18-29/h5-7,9-10,13-20,22,25,31,35H,4,8,11-12,21,23H2,1-3H3. The molecule has 41 heavy (non-hydrogen) atoms. The quantitative estimate of drug-likeness (QED) is 0.243. The maximum atomic E-state index is 13.9. The van der Waals surface area contributed by atoms with Crippen LogP contribution in [0.3, 0.4) is 0 Å². The molecular weight excluding hydrogens is 532 g/mol. The van der Waals surface area contributed by atoms with Gasteiger partial charge in [0, 0.05) is 37.1 Å². The molecule has 0 spiro atoms. The fourth-order valence-corrected chi connectivity index (χ4v) is 6.82.